The largest absolute Gasteiger partial charge is 0.481 e. The molecule has 0 radical (unpaired) electrons. The summed E-state index contributed by atoms with van der Waals surface area (Å²) >= 11 is 0. The Labute approximate surface area is 250 Å². The maximum Gasteiger partial charge on any atom is 0.305 e. The summed E-state index contributed by atoms with van der Waals surface area (Å²) in [5, 5.41) is 42.2. The van der Waals surface area contributed by atoms with E-state index < -0.39 is 30.4 Å². The number of anilines is 1. The molecule has 0 bridgehead atoms. The number of carbonyl (C=O) groups excluding carboxylic acids is 1. The molecule has 8 nitrogen and oxygen atoms in total. The number of nitrogens with zero attached hydrogens (tertiary/aromatic N) is 1. The van der Waals surface area contributed by atoms with E-state index in [9.17, 15) is 29.3 Å². The van der Waals surface area contributed by atoms with Crippen molar-refractivity contribution in [2.24, 2.45) is 0 Å². The number of halogens is 1. The maximum atomic E-state index is 14.2. The number of aromatic nitrogens is 1. The molecule has 0 aliphatic carbocycles. The zero-order valence-corrected chi connectivity index (χ0v) is 24.2. The normalized spacial score (nSPS) is 12.7. The van der Waals surface area contributed by atoms with E-state index in [1.165, 1.54) is 12.1 Å². The Kier molecular flexibility index (Phi) is 10.5. The first-order valence-electron chi connectivity index (χ1n) is 14.3. The molecule has 0 spiro atoms. The van der Waals surface area contributed by atoms with Crippen molar-refractivity contribution in [3.63, 3.8) is 0 Å². The summed E-state index contributed by atoms with van der Waals surface area (Å²) < 4.78 is 16.0. The molecule has 3 aromatic carbocycles. The number of hydrogen-bond acceptors (Lipinski definition) is 5. The van der Waals surface area contributed by atoms with Crippen molar-refractivity contribution in [2.45, 2.75) is 64.4 Å². The van der Waals surface area contributed by atoms with Gasteiger partial charge in [-0.2, -0.15) is 0 Å². The number of aliphatic hydroxyl groups excluding tert-OH is 3. The van der Waals surface area contributed by atoms with E-state index in [0.29, 0.717) is 39.3 Å². The highest BCUT2D eigenvalue weighted by molar-refractivity contribution is 6.12. The van der Waals surface area contributed by atoms with Crippen LogP contribution in [0.15, 0.2) is 78.9 Å². The molecule has 9 heteroatoms. The highest BCUT2D eigenvalue weighted by Gasteiger charge is 2.31. The van der Waals surface area contributed by atoms with Crippen LogP contribution in [0.5, 0.6) is 0 Å². The van der Waals surface area contributed by atoms with Crippen LogP contribution in [0.3, 0.4) is 0 Å². The van der Waals surface area contributed by atoms with Gasteiger partial charge in [0.1, 0.15) is 5.82 Å². The van der Waals surface area contributed by atoms with Gasteiger partial charge in [-0.05, 0) is 71.8 Å². The number of nitrogens with one attached hydrogen (secondary N) is 1. The van der Waals surface area contributed by atoms with Crippen LogP contribution >= 0.6 is 0 Å². The second-order valence-corrected chi connectivity index (χ2v) is 10.9. The van der Waals surface area contributed by atoms with E-state index in [-0.39, 0.29) is 37.8 Å². The minimum atomic E-state index is -1.20. The monoisotopic (exact) mass is 588 g/mol. The SMILES string of the molecule is CC(C)c1c(C(=O)Nc2ccc(CO)cc2)c(-c2ccccc2)c(-c2ccc(F)cc2)n1CC[C@@H](O)C[C@@H](O)CC(=O)O. The van der Waals surface area contributed by atoms with Gasteiger partial charge in [-0.1, -0.05) is 56.3 Å². The minimum Gasteiger partial charge on any atom is -0.481 e. The van der Waals surface area contributed by atoms with Crippen LogP contribution in [0.25, 0.3) is 22.4 Å². The molecule has 0 fully saturated rings. The highest BCUT2D eigenvalue weighted by Crippen LogP contribution is 2.42. The molecular weight excluding hydrogens is 551 g/mol. The molecule has 1 heterocycles. The van der Waals surface area contributed by atoms with Crippen molar-refractivity contribution in [2.75, 3.05) is 5.32 Å². The second kappa shape index (κ2) is 14.2. The van der Waals surface area contributed by atoms with Gasteiger partial charge in [0, 0.05) is 23.5 Å². The lowest BCUT2D eigenvalue weighted by molar-refractivity contribution is -0.139. The third-order valence-corrected chi connectivity index (χ3v) is 7.29. The van der Waals surface area contributed by atoms with Gasteiger partial charge in [0.05, 0.1) is 36.5 Å². The molecule has 4 aromatic rings. The summed E-state index contributed by atoms with van der Waals surface area (Å²) in [7, 11) is 0. The van der Waals surface area contributed by atoms with Gasteiger partial charge < -0.3 is 30.3 Å². The van der Waals surface area contributed by atoms with E-state index in [1.807, 2.05) is 48.7 Å². The van der Waals surface area contributed by atoms with Crippen LogP contribution in [-0.2, 0) is 17.9 Å². The molecule has 1 aromatic heterocycles. The van der Waals surface area contributed by atoms with E-state index >= 15 is 0 Å². The summed E-state index contributed by atoms with van der Waals surface area (Å²) in [6.45, 7) is 4.07. The quantitative estimate of drug-likeness (QED) is 0.134. The topological polar surface area (TPSA) is 132 Å². The molecule has 5 N–H and O–H groups in total. The molecule has 1 amide bonds. The number of rotatable bonds is 13. The van der Waals surface area contributed by atoms with Crippen molar-refractivity contribution < 1.29 is 34.4 Å². The Bertz CT molecular complexity index is 1530. The van der Waals surface area contributed by atoms with Gasteiger partial charge in [-0.25, -0.2) is 4.39 Å². The maximum absolute atomic E-state index is 14.2. The lowest BCUT2D eigenvalue weighted by Gasteiger charge is -2.20. The molecule has 0 saturated carbocycles. The Morgan fingerprint density at radius 3 is 2.12 bits per heavy atom. The highest BCUT2D eigenvalue weighted by atomic mass is 19.1. The first-order chi connectivity index (χ1) is 20.6. The fourth-order valence-corrected chi connectivity index (χ4v) is 5.38. The van der Waals surface area contributed by atoms with Crippen LogP contribution in [0.2, 0.25) is 0 Å². The second-order valence-electron chi connectivity index (χ2n) is 10.9. The molecular formula is C34H37FN2O6. The van der Waals surface area contributed by atoms with Crippen LogP contribution in [0.1, 0.15) is 60.6 Å². The fourth-order valence-electron chi connectivity index (χ4n) is 5.38. The van der Waals surface area contributed by atoms with Crippen molar-refractivity contribution >= 4 is 17.6 Å². The minimum absolute atomic E-state index is 0.112. The van der Waals surface area contributed by atoms with E-state index in [2.05, 4.69) is 5.32 Å². The average molecular weight is 589 g/mol. The molecule has 0 saturated heterocycles. The van der Waals surface area contributed by atoms with Gasteiger partial charge in [0.25, 0.3) is 5.91 Å². The molecule has 2 atom stereocenters. The number of amides is 1. The Balaban J connectivity index is 1.88. The van der Waals surface area contributed by atoms with E-state index in [1.54, 1.807) is 36.4 Å². The smallest absolute Gasteiger partial charge is 0.305 e. The Morgan fingerprint density at radius 1 is 0.884 bits per heavy atom. The van der Waals surface area contributed by atoms with Crippen molar-refractivity contribution in [3.05, 3.63) is 102 Å². The Hall–Kier alpha value is -4.31. The van der Waals surface area contributed by atoms with Gasteiger partial charge >= 0.3 is 5.97 Å². The fraction of sp³-hybridized carbons (Fsp3) is 0.294. The van der Waals surface area contributed by atoms with Crippen LogP contribution in [0, 0.1) is 5.82 Å². The van der Waals surface area contributed by atoms with Crippen molar-refractivity contribution in [3.8, 4) is 22.4 Å². The first-order valence-corrected chi connectivity index (χ1v) is 14.3. The van der Waals surface area contributed by atoms with Crippen molar-refractivity contribution in [1.29, 1.82) is 0 Å². The number of carboxylic acids is 1. The summed E-state index contributed by atoms with van der Waals surface area (Å²) in [5.41, 5.74) is 5.19. The van der Waals surface area contributed by atoms with Crippen LogP contribution in [-0.4, -0.2) is 49.1 Å². The predicted molar refractivity (Wildman–Crippen MR) is 163 cm³/mol. The van der Waals surface area contributed by atoms with Crippen molar-refractivity contribution in [1.82, 2.24) is 4.57 Å². The molecule has 0 unspecified atom stereocenters. The summed E-state index contributed by atoms with van der Waals surface area (Å²) in [4.78, 5) is 25.1. The molecule has 0 aliphatic rings. The van der Waals surface area contributed by atoms with E-state index in [4.69, 9.17) is 5.11 Å². The predicted octanol–water partition coefficient (Wildman–Crippen LogP) is 5.81. The average Bonchev–Trinajstić information content (AvgIpc) is 3.32. The standard InChI is InChI=1S/C34H37FN2O6/c1-21(2)32-31(34(43)36-26-14-8-22(20-38)9-15-26)30(23-6-4-3-5-7-23)33(24-10-12-25(35)13-11-24)37(32)17-16-27(39)18-28(40)19-29(41)42/h3-15,21,27-28,38-40H,16-20H2,1-2H3,(H,36,43)(H,41,42)/t27-,28-/m1/s1. The van der Waals surface area contributed by atoms with Gasteiger partial charge in [0.2, 0.25) is 0 Å². The molecule has 43 heavy (non-hydrogen) atoms. The summed E-state index contributed by atoms with van der Waals surface area (Å²) in [5.74, 6) is -2.05. The molecule has 226 valence electrons. The third kappa shape index (κ3) is 7.75. The van der Waals surface area contributed by atoms with Crippen LogP contribution in [0.4, 0.5) is 10.1 Å². The number of aliphatic carboxylic acids is 1. The number of benzene rings is 3. The summed E-state index contributed by atoms with van der Waals surface area (Å²) in [6.07, 6.45) is -2.60. The number of aliphatic hydroxyl groups is 3. The first kappa shape index (κ1) is 31.6. The van der Waals surface area contributed by atoms with Gasteiger partial charge in [0.15, 0.2) is 0 Å². The Morgan fingerprint density at radius 2 is 1.53 bits per heavy atom. The molecule has 4 rings (SSSR count). The molecule has 0 aliphatic heterocycles. The third-order valence-electron chi connectivity index (χ3n) is 7.29. The number of carbonyl (C=O) groups is 2. The van der Waals surface area contributed by atoms with Gasteiger partial charge in [-0.15, -0.1) is 0 Å². The summed E-state index contributed by atoms with van der Waals surface area (Å²) in [6, 6.07) is 22.3. The number of hydrogen-bond donors (Lipinski definition) is 5. The number of carboxylic acid groups (broad SMARTS) is 1. The zero-order valence-electron chi connectivity index (χ0n) is 24.2. The van der Waals surface area contributed by atoms with Crippen LogP contribution < -0.4 is 5.32 Å². The van der Waals surface area contributed by atoms with Gasteiger partial charge in [-0.3, -0.25) is 9.59 Å². The lowest BCUT2D eigenvalue weighted by atomic mass is 9.94. The van der Waals surface area contributed by atoms with E-state index in [0.717, 1.165) is 5.56 Å². The zero-order chi connectivity index (χ0) is 31.1. The lowest BCUT2D eigenvalue weighted by Crippen LogP contribution is -2.22.